The number of benzene rings is 1. The van der Waals surface area contributed by atoms with Gasteiger partial charge in [-0.05, 0) is 68.5 Å². The molecule has 1 aliphatic heterocycles. The van der Waals surface area contributed by atoms with Gasteiger partial charge in [-0.1, -0.05) is 18.9 Å². The molecule has 2 bridgehead atoms. The second-order valence-electron chi connectivity index (χ2n) is 7.13. The van der Waals surface area contributed by atoms with Gasteiger partial charge in [0.05, 0.1) is 0 Å². The number of likely N-dealkylation sites (tertiary alicyclic amines) is 1. The normalized spacial score (nSPS) is 36.1. The van der Waals surface area contributed by atoms with E-state index in [2.05, 4.69) is 35.5 Å². The van der Waals surface area contributed by atoms with Crippen LogP contribution >= 0.6 is 0 Å². The Kier molecular flexibility index (Phi) is 2.85. The Morgan fingerprint density at radius 3 is 3.00 bits per heavy atom. The highest BCUT2D eigenvalue weighted by Crippen LogP contribution is 2.55. The van der Waals surface area contributed by atoms with Gasteiger partial charge >= 0.3 is 0 Å². The summed E-state index contributed by atoms with van der Waals surface area (Å²) in [5.74, 6) is 0.898. The van der Waals surface area contributed by atoms with Crippen LogP contribution in [-0.4, -0.2) is 31.6 Å². The van der Waals surface area contributed by atoms with Crippen molar-refractivity contribution in [1.82, 2.24) is 4.90 Å². The molecule has 0 amide bonds. The fourth-order valence-corrected chi connectivity index (χ4v) is 5.35. The van der Waals surface area contributed by atoms with Crippen LogP contribution in [0.1, 0.15) is 43.2 Å². The fraction of sp³-hybridized carbons (Fsp3) is 0.667. The lowest BCUT2D eigenvalue weighted by Crippen LogP contribution is -2.59. The van der Waals surface area contributed by atoms with Crippen molar-refractivity contribution in [3.63, 3.8) is 0 Å². The van der Waals surface area contributed by atoms with Crippen molar-refractivity contribution >= 4 is 5.69 Å². The molecular weight excluding hydrogens is 244 g/mol. The minimum Gasteiger partial charge on any atom is -0.388 e. The van der Waals surface area contributed by atoms with Crippen molar-refractivity contribution < 1.29 is 0 Å². The molecule has 1 saturated heterocycles. The Morgan fingerprint density at radius 1 is 1.25 bits per heavy atom. The molecule has 1 aromatic carbocycles. The van der Waals surface area contributed by atoms with E-state index < -0.39 is 0 Å². The maximum atomic E-state index is 3.34. The van der Waals surface area contributed by atoms with Gasteiger partial charge in [0.1, 0.15) is 0 Å². The highest BCUT2D eigenvalue weighted by atomic mass is 15.1. The van der Waals surface area contributed by atoms with E-state index in [0.29, 0.717) is 5.41 Å². The molecule has 2 fully saturated rings. The summed E-state index contributed by atoms with van der Waals surface area (Å²) < 4.78 is 0. The van der Waals surface area contributed by atoms with E-state index >= 15 is 0 Å². The van der Waals surface area contributed by atoms with Gasteiger partial charge in [0.25, 0.3) is 0 Å². The number of nitrogens with one attached hydrogen (secondary N) is 1. The first-order chi connectivity index (χ1) is 9.74. The molecule has 0 aromatic heterocycles. The van der Waals surface area contributed by atoms with E-state index in [-0.39, 0.29) is 0 Å². The maximum Gasteiger partial charge on any atom is 0.0340 e. The minimum atomic E-state index is 0.496. The highest BCUT2D eigenvalue weighted by molar-refractivity contribution is 5.53. The van der Waals surface area contributed by atoms with Gasteiger partial charge in [0.15, 0.2) is 0 Å². The molecule has 1 heterocycles. The summed E-state index contributed by atoms with van der Waals surface area (Å²) in [6.07, 6.45) is 8.36. The van der Waals surface area contributed by atoms with E-state index in [4.69, 9.17) is 0 Å². The van der Waals surface area contributed by atoms with E-state index in [1.807, 2.05) is 7.05 Å². The van der Waals surface area contributed by atoms with Crippen LogP contribution in [0.25, 0.3) is 0 Å². The lowest BCUT2D eigenvalue weighted by molar-refractivity contribution is 0.00290. The van der Waals surface area contributed by atoms with Gasteiger partial charge in [-0.2, -0.15) is 0 Å². The third kappa shape index (κ3) is 1.60. The number of anilines is 1. The van der Waals surface area contributed by atoms with Crippen molar-refractivity contribution in [2.45, 2.75) is 50.0 Å². The van der Waals surface area contributed by atoms with Crippen molar-refractivity contribution in [3.8, 4) is 0 Å². The van der Waals surface area contributed by atoms with Crippen LogP contribution in [0.15, 0.2) is 18.2 Å². The summed E-state index contributed by atoms with van der Waals surface area (Å²) in [5.41, 5.74) is 5.10. The zero-order valence-electron chi connectivity index (χ0n) is 12.8. The molecule has 4 rings (SSSR count). The molecule has 1 aromatic rings. The second-order valence-corrected chi connectivity index (χ2v) is 7.13. The molecule has 1 N–H and O–H groups in total. The van der Waals surface area contributed by atoms with Crippen LogP contribution in [0.5, 0.6) is 0 Å². The van der Waals surface area contributed by atoms with Crippen molar-refractivity contribution in [3.05, 3.63) is 29.3 Å². The standard InChI is InChI=1S/C18H26N2/c1-19-14-7-6-13-11-17-15-5-3-4-8-18(15,16(13)12-14)9-10-20(17)2/h6-7,12,15,17,19H,3-5,8-11H2,1-2H3/t15-,17+,18+/m0/s1. The summed E-state index contributed by atoms with van der Waals surface area (Å²) in [7, 11) is 4.38. The molecule has 108 valence electrons. The third-order valence-corrected chi connectivity index (χ3v) is 6.40. The van der Waals surface area contributed by atoms with Crippen LogP contribution in [0.4, 0.5) is 5.69 Å². The number of nitrogens with zero attached hydrogens (tertiary/aromatic N) is 1. The molecule has 0 unspecified atom stereocenters. The SMILES string of the molecule is CNc1ccc2c(c1)[C@@]13CCCC[C@H]1[C@@H](C2)N(C)CC3. The molecule has 3 atom stereocenters. The van der Waals surface area contributed by atoms with Gasteiger partial charge in [0.2, 0.25) is 0 Å². The predicted molar refractivity (Wildman–Crippen MR) is 84.4 cm³/mol. The number of piperidine rings is 1. The summed E-state index contributed by atoms with van der Waals surface area (Å²) in [4.78, 5) is 2.64. The van der Waals surface area contributed by atoms with Crippen LogP contribution in [0.3, 0.4) is 0 Å². The Bertz CT molecular complexity index is 524. The smallest absolute Gasteiger partial charge is 0.0340 e. The Balaban J connectivity index is 1.88. The zero-order chi connectivity index (χ0) is 13.7. The molecule has 2 heteroatoms. The second kappa shape index (κ2) is 4.49. The van der Waals surface area contributed by atoms with Crippen molar-refractivity contribution in [2.24, 2.45) is 5.92 Å². The van der Waals surface area contributed by atoms with Gasteiger partial charge < -0.3 is 10.2 Å². The van der Waals surface area contributed by atoms with Crippen molar-refractivity contribution in [1.29, 1.82) is 0 Å². The molecular formula is C18H26N2. The Hall–Kier alpha value is -1.02. The minimum absolute atomic E-state index is 0.496. The molecule has 20 heavy (non-hydrogen) atoms. The summed E-state index contributed by atoms with van der Waals surface area (Å²) in [5, 5.41) is 3.34. The number of rotatable bonds is 1. The first-order valence-electron chi connectivity index (χ1n) is 8.26. The van der Waals surface area contributed by atoms with E-state index in [0.717, 1.165) is 12.0 Å². The largest absolute Gasteiger partial charge is 0.388 e. The molecule has 2 nitrogen and oxygen atoms in total. The molecule has 2 aliphatic carbocycles. The average molecular weight is 270 g/mol. The van der Waals surface area contributed by atoms with E-state index in [1.165, 1.54) is 50.8 Å². The van der Waals surface area contributed by atoms with E-state index in [9.17, 15) is 0 Å². The van der Waals surface area contributed by atoms with Crippen LogP contribution in [0, 0.1) is 5.92 Å². The number of hydrogen-bond donors (Lipinski definition) is 1. The molecule has 3 aliphatic rings. The quantitative estimate of drug-likeness (QED) is 0.841. The van der Waals surface area contributed by atoms with Gasteiger partial charge in [-0.15, -0.1) is 0 Å². The molecule has 0 radical (unpaired) electrons. The van der Waals surface area contributed by atoms with Crippen LogP contribution in [-0.2, 0) is 11.8 Å². The molecule has 1 saturated carbocycles. The van der Waals surface area contributed by atoms with Gasteiger partial charge in [0, 0.05) is 24.2 Å². The van der Waals surface area contributed by atoms with Crippen molar-refractivity contribution in [2.75, 3.05) is 26.0 Å². The Labute approximate surface area is 122 Å². The summed E-state index contributed by atoms with van der Waals surface area (Å²) in [6.45, 7) is 1.28. The predicted octanol–water partition coefficient (Wildman–Crippen LogP) is 3.42. The Morgan fingerprint density at radius 2 is 2.15 bits per heavy atom. The zero-order valence-corrected chi connectivity index (χ0v) is 12.8. The highest BCUT2D eigenvalue weighted by Gasteiger charge is 2.52. The van der Waals surface area contributed by atoms with Crippen LogP contribution in [0.2, 0.25) is 0 Å². The average Bonchev–Trinajstić information content (AvgIpc) is 2.50. The summed E-state index contributed by atoms with van der Waals surface area (Å²) in [6, 6.07) is 7.90. The lowest BCUT2D eigenvalue weighted by atomic mass is 9.52. The fourth-order valence-electron chi connectivity index (χ4n) is 5.35. The van der Waals surface area contributed by atoms with Gasteiger partial charge in [-0.25, -0.2) is 0 Å². The maximum absolute atomic E-state index is 3.34. The lowest BCUT2D eigenvalue weighted by Gasteiger charge is -2.58. The molecule has 0 spiro atoms. The number of fused-ring (bicyclic) bond motifs is 1. The first kappa shape index (κ1) is 12.7. The third-order valence-electron chi connectivity index (χ3n) is 6.40. The monoisotopic (exact) mass is 270 g/mol. The van der Waals surface area contributed by atoms with E-state index in [1.54, 1.807) is 11.1 Å². The van der Waals surface area contributed by atoms with Crippen LogP contribution < -0.4 is 5.32 Å². The topological polar surface area (TPSA) is 15.3 Å². The number of likely N-dealkylation sites (N-methyl/N-ethyl adjacent to an activating group) is 1. The number of hydrogen-bond acceptors (Lipinski definition) is 2. The first-order valence-corrected chi connectivity index (χ1v) is 8.26. The van der Waals surface area contributed by atoms with Gasteiger partial charge in [-0.3, -0.25) is 0 Å². The summed E-state index contributed by atoms with van der Waals surface area (Å²) >= 11 is 0.